The van der Waals surface area contributed by atoms with E-state index in [1.54, 1.807) is 0 Å². The number of carbonyl (C=O) groups excluding carboxylic acids is 2. The number of hydrogen-bond acceptors (Lipinski definition) is 4. The van der Waals surface area contributed by atoms with E-state index < -0.39 is 6.04 Å². The minimum atomic E-state index is -0.478. The fraction of sp³-hybridized carbons (Fsp3) is 0.312. The fourth-order valence-corrected chi connectivity index (χ4v) is 5.77. The number of rotatable bonds is 6. The number of para-hydroxylation sites is 2. The third kappa shape index (κ3) is 4.66. The minimum absolute atomic E-state index is 0.00111. The first kappa shape index (κ1) is 24.8. The first-order chi connectivity index (χ1) is 18.0. The zero-order valence-corrected chi connectivity index (χ0v) is 21.9. The second-order valence-corrected chi connectivity index (χ2v) is 9.76. The van der Waals surface area contributed by atoms with Crippen LogP contribution in [0.5, 0.6) is 0 Å². The summed E-state index contributed by atoms with van der Waals surface area (Å²) in [6.45, 7) is 8.02. The number of nitrogens with zero attached hydrogens (tertiary/aromatic N) is 2. The Hall–Kier alpha value is -3.86. The van der Waals surface area contributed by atoms with Gasteiger partial charge in [0.25, 0.3) is 0 Å². The molecule has 0 spiro atoms. The summed E-state index contributed by atoms with van der Waals surface area (Å²) >= 11 is 0. The lowest BCUT2D eigenvalue weighted by Crippen LogP contribution is -2.38. The molecule has 0 saturated carbocycles. The van der Waals surface area contributed by atoms with Crippen LogP contribution in [-0.4, -0.2) is 24.8 Å². The molecular formula is C32H35N3O2. The molecule has 1 heterocycles. The van der Waals surface area contributed by atoms with Crippen LogP contribution in [0.1, 0.15) is 63.1 Å². The molecule has 1 aliphatic heterocycles. The van der Waals surface area contributed by atoms with E-state index >= 15 is 0 Å². The molecule has 1 amide bonds. The predicted molar refractivity (Wildman–Crippen MR) is 151 cm³/mol. The molecule has 5 heteroatoms. The first-order valence-electron chi connectivity index (χ1n) is 13.4. The smallest absolute Gasteiger partial charge is 0.227 e. The van der Waals surface area contributed by atoms with Gasteiger partial charge in [-0.1, -0.05) is 61.5 Å². The summed E-state index contributed by atoms with van der Waals surface area (Å²) in [6.07, 6.45) is 1.51. The molecule has 190 valence electrons. The maximum Gasteiger partial charge on any atom is 0.227 e. The van der Waals surface area contributed by atoms with Crippen LogP contribution in [0.25, 0.3) is 0 Å². The summed E-state index contributed by atoms with van der Waals surface area (Å²) in [5.41, 5.74) is 6.56. The Labute approximate surface area is 219 Å². The highest BCUT2D eigenvalue weighted by Gasteiger charge is 2.41. The number of nitrogens with one attached hydrogen (secondary N) is 1. The normalized spacial score (nSPS) is 19.0. The van der Waals surface area contributed by atoms with Gasteiger partial charge in [0.05, 0.1) is 17.4 Å². The van der Waals surface area contributed by atoms with Crippen molar-refractivity contribution < 1.29 is 9.59 Å². The van der Waals surface area contributed by atoms with E-state index in [2.05, 4.69) is 60.5 Å². The number of ketones is 1. The van der Waals surface area contributed by atoms with E-state index in [-0.39, 0.29) is 17.6 Å². The van der Waals surface area contributed by atoms with Crippen LogP contribution >= 0.6 is 0 Å². The highest BCUT2D eigenvalue weighted by Crippen LogP contribution is 2.47. The Kier molecular flexibility index (Phi) is 7.13. The van der Waals surface area contributed by atoms with Gasteiger partial charge < -0.3 is 10.2 Å². The number of hydrogen-bond donors (Lipinski definition) is 1. The lowest BCUT2D eigenvalue weighted by Gasteiger charge is -2.35. The van der Waals surface area contributed by atoms with Gasteiger partial charge in [-0.25, -0.2) is 0 Å². The van der Waals surface area contributed by atoms with E-state index in [0.717, 1.165) is 47.8 Å². The average Bonchev–Trinajstić information content (AvgIpc) is 3.09. The molecule has 3 aromatic rings. The van der Waals surface area contributed by atoms with Crippen LogP contribution in [0, 0.1) is 0 Å². The Morgan fingerprint density at radius 2 is 1.54 bits per heavy atom. The molecule has 2 aliphatic rings. The van der Waals surface area contributed by atoms with Crippen LogP contribution in [-0.2, 0) is 9.59 Å². The first-order valence-corrected chi connectivity index (χ1v) is 13.4. The number of Topliss-reactive ketones (excluding diaryl/α,β-unsaturated/α-hetero) is 1. The number of benzene rings is 3. The third-order valence-electron chi connectivity index (χ3n) is 7.67. The van der Waals surface area contributed by atoms with E-state index in [1.165, 1.54) is 5.56 Å². The van der Waals surface area contributed by atoms with Crippen LogP contribution in [0.2, 0.25) is 0 Å². The number of allylic oxidation sites excluding steroid dienone is 1. The average molecular weight is 494 g/mol. The molecule has 5 nitrogen and oxygen atoms in total. The molecule has 0 unspecified atom stereocenters. The van der Waals surface area contributed by atoms with E-state index in [1.807, 2.05) is 54.3 Å². The van der Waals surface area contributed by atoms with Crippen molar-refractivity contribution in [2.45, 2.75) is 52.0 Å². The summed E-state index contributed by atoms with van der Waals surface area (Å²) in [4.78, 5) is 31.7. The second kappa shape index (κ2) is 10.6. The fourth-order valence-electron chi connectivity index (χ4n) is 5.77. The number of carbonyl (C=O) groups is 2. The Morgan fingerprint density at radius 1 is 0.865 bits per heavy atom. The largest absolute Gasteiger partial charge is 0.372 e. The number of anilines is 3. The zero-order chi connectivity index (χ0) is 25.9. The summed E-state index contributed by atoms with van der Waals surface area (Å²) in [6, 6.07) is 26.1. The lowest BCUT2D eigenvalue weighted by molar-refractivity contribution is -0.119. The lowest BCUT2D eigenvalue weighted by atomic mass is 9.78. The zero-order valence-electron chi connectivity index (χ0n) is 21.9. The van der Waals surface area contributed by atoms with Crippen LogP contribution < -0.4 is 15.1 Å². The van der Waals surface area contributed by atoms with Gasteiger partial charge in [-0.15, -0.1) is 0 Å². The summed E-state index contributed by atoms with van der Waals surface area (Å²) < 4.78 is 0. The van der Waals surface area contributed by atoms with Gasteiger partial charge in [-0.3, -0.25) is 14.5 Å². The molecule has 37 heavy (non-hydrogen) atoms. The van der Waals surface area contributed by atoms with E-state index in [0.29, 0.717) is 18.4 Å². The van der Waals surface area contributed by atoms with Gasteiger partial charge in [-0.05, 0) is 61.6 Å². The van der Waals surface area contributed by atoms with Crippen molar-refractivity contribution in [3.8, 4) is 0 Å². The third-order valence-corrected chi connectivity index (χ3v) is 7.67. The van der Waals surface area contributed by atoms with Gasteiger partial charge in [0.15, 0.2) is 5.78 Å². The monoisotopic (exact) mass is 493 g/mol. The topological polar surface area (TPSA) is 52.7 Å². The van der Waals surface area contributed by atoms with Gasteiger partial charge in [0.1, 0.15) is 0 Å². The van der Waals surface area contributed by atoms with E-state index in [9.17, 15) is 9.59 Å². The van der Waals surface area contributed by atoms with Crippen molar-refractivity contribution in [3.05, 3.63) is 101 Å². The van der Waals surface area contributed by atoms with Crippen molar-refractivity contribution >= 4 is 28.8 Å². The summed E-state index contributed by atoms with van der Waals surface area (Å²) in [5.74, 6) is 0.201. The van der Waals surface area contributed by atoms with E-state index in [4.69, 9.17) is 0 Å². The molecule has 3 aromatic carbocycles. The molecule has 1 N–H and O–H groups in total. The Bertz CT molecular complexity index is 1310. The molecule has 0 radical (unpaired) electrons. The molecule has 5 rings (SSSR count). The molecule has 2 atom stereocenters. The maximum atomic E-state index is 14.0. The molecule has 0 aromatic heterocycles. The van der Waals surface area contributed by atoms with Crippen LogP contribution in [0.15, 0.2) is 90.1 Å². The van der Waals surface area contributed by atoms with Crippen LogP contribution in [0.3, 0.4) is 0 Å². The Morgan fingerprint density at radius 3 is 2.22 bits per heavy atom. The number of amides is 1. The Balaban J connectivity index is 1.67. The summed E-state index contributed by atoms with van der Waals surface area (Å²) in [7, 11) is 0. The highest BCUT2D eigenvalue weighted by molar-refractivity contribution is 6.06. The van der Waals surface area contributed by atoms with Crippen molar-refractivity contribution in [3.63, 3.8) is 0 Å². The van der Waals surface area contributed by atoms with Crippen molar-refractivity contribution in [2.24, 2.45) is 0 Å². The standard InChI is InChI=1S/C32H35N3O2/c1-4-30(37)35-28-15-11-10-14-26(28)33-27-20-24(22-12-8-7-9-13-22)21-29(36)31(27)32(35)23-16-18-25(19-17-23)34(5-2)6-3/h7-19,24,32-33H,4-6,20-21H2,1-3H3/t24-,32-/m1/s1. The van der Waals surface area contributed by atoms with Gasteiger partial charge in [0, 0.05) is 42.9 Å². The van der Waals surface area contributed by atoms with Gasteiger partial charge >= 0.3 is 0 Å². The molecule has 0 saturated heterocycles. The van der Waals surface area contributed by atoms with Gasteiger partial charge in [-0.2, -0.15) is 0 Å². The molecule has 1 aliphatic carbocycles. The van der Waals surface area contributed by atoms with Crippen LogP contribution in [0.4, 0.5) is 17.1 Å². The van der Waals surface area contributed by atoms with Gasteiger partial charge in [0.2, 0.25) is 5.91 Å². The highest BCUT2D eigenvalue weighted by atomic mass is 16.2. The summed E-state index contributed by atoms with van der Waals surface area (Å²) in [5, 5.41) is 3.60. The molecule has 0 bridgehead atoms. The predicted octanol–water partition coefficient (Wildman–Crippen LogP) is 6.84. The van der Waals surface area contributed by atoms with Crippen molar-refractivity contribution in [1.29, 1.82) is 0 Å². The quantitative estimate of drug-likeness (QED) is 0.408. The SMILES string of the molecule is CCC(=O)N1c2ccccc2NC2=C(C(=O)C[C@H](c3ccccc3)C2)[C@H]1c1ccc(N(CC)CC)cc1. The molecule has 0 fully saturated rings. The number of fused-ring (bicyclic) bond motifs is 1. The maximum absolute atomic E-state index is 14.0. The van der Waals surface area contributed by atoms with Crippen molar-refractivity contribution in [2.75, 3.05) is 28.2 Å². The minimum Gasteiger partial charge on any atom is -0.372 e. The van der Waals surface area contributed by atoms with Crippen molar-refractivity contribution in [1.82, 2.24) is 0 Å². The molecular weight excluding hydrogens is 458 g/mol. The second-order valence-electron chi connectivity index (χ2n) is 9.76.